The zero-order chi connectivity index (χ0) is 18.3. The first kappa shape index (κ1) is 20.2. The van der Waals surface area contributed by atoms with E-state index < -0.39 is 17.7 Å². The van der Waals surface area contributed by atoms with Crippen LogP contribution in [0.3, 0.4) is 0 Å². The Hall–Kier alpha value is -1.82. The molecule has 24 heavy (non-hydrogen) atoms. The Morgan fingerprint density at radius 2 is 1.79 bits per heavy atom. The highest BCUT2D eigenvalue weighted by Gasteiger charge is 2.25. The number of aliphatic hydroxyl groups is 1. The SMILES string of the molecule is CCCC1C=C(OC)C(OC(=O)CCC(=O)OC(C)(C)O)=CC1C. The van der Waals surface area contributed by atoms with E-state index in [1.165, 1.54) is 21.0 Å². The Balaban J connectivity index is 2.58. The van der Waals surface area contributed by atoms with Crippen LogP contribution in [0.4, 0.5) is 0 Å². The summed E-state index contributed by atoms with van der Waals surface area (Å²) in [7, 11) is 1.53. The molecule has 0 aromatic rings. The van der Waals surface area contributed by atoms with Gasteiger partial charge in [0.05, 0.1) is 20.0 Å². The predicted octanol–water partition coefficient (Wildman–Crippen LogP) is 3.06. The van der Waals surface area contributed by atoms with Crippen LogP contribution >= 0.6 is 0 Å². The number of carbonyl (C=O) groups excluding carboxylic acids is 2. The van der Waals surface area contributed by atoms with Crippen molar-refractivity contribution in [3.63, 3.8) is 0 Å². The third-order valence-electron chi connectivity index (χ3n) is 3.66. The second kappa shape index (κ2) is 8.87. The monoisotopic (exact) mass is 340 g/mol. The minimum absolute atomic E-state index is 0.129. The van der Waals surface area contributed by atoms with Gasteiger partial charge < -0.3 is 19.3 Å². The second-order valence-electron chi connectivity index (χ2n) is 6.47. The van der Waals surface area contributed by atoms with Gasteiger partial charge in [-0.05, 0) is 30.4 Å². The van der Waals surface area contributed by atoms with Crippen molar-refractivity contribution < 1.29 is 28.9 Å². The molecule has 1 aliphatic carbocycles. The summed E-state index contributed by atoms with van der Waals surface area (Å²) in [6.45, 7) is 6.89. The van der Waals surface area contributed by atoms with Gasteiger partial charge >= 0.3 is 11.9 Å². The lowest BCUT2D eigenvalue weighted by molar-refractivity contribution is -0.195. The summed E-state index contributed by atoms with van der Waals surface area (Å²) in [5, 5.41) is 9.39. The van der Waals surface area contributed by atoms with E-state index in [1.54, 1.807) is 0 Å². The van der Waals surface area contributed by atoms with Crippen molar-refractivity contribution in [1.29, 1.82) is 0 Å². The smallest absolute Gasteiger partial charge is 0.311 e. The number of rotatable bonds is 8. The fourth-order valence-electron chi connectivity index (χ4n) is 2.51. The summed E-state index contributed by atoms with van der Waals surface area (Å²) in [6.07, 6.45) is 5.68. The molecule has 0 radical (unpaired) electrons. The molecule has 0 fully saturated rings. The molecule has 0 bridgehead atoms. The van der Waals surface area contributed by atoms with Crippen molar-refractivity contribution in [1.82, 2.24) is 0 Å². The van der Waals surface area contributed by atoms with Crippen LogP contribution in [0.2, 0.25) is 0 Å². The van der Waals surface area contributed by atoms with E-state index in [2.05, 4.69) is 13.8 Å². The molecule has 0 spiro atoms. The Labute approximate surface area is 143 Å². The Morgan fingerprint density at radius 1 is 1.17 bits per heavy atom. The van der Waals surface area contributed by atoms with E-state index in [4.69, 9.17) is 14.2 Å². The fourth-order valence-corrected chi connectivity index (χ4v) is 2.51. The van der Waals surface area contributed by atoms with E-state index in [0.717, 1.165) is 12.8 Å². The average Bonchev–Trinajstić information content (AvgIpc) is 2.46. The second-order valence-corrected chi connectivity index (χ2v) is 6.47. The van der Waals surface area contributed by atoms with E-state index >= 15 is 0 Å². The summed E-state index contributed by atoms with van der Waals surface area (Å²) < 4.78 is 15.4. The van der Waals surface area contributed by atoms with Gasteiger partial charge in [0, 0.05) is 13.8 Å². The highest BCUT2D eigenvalue weighted by Crippen LogP contribution is 2.31. The highest BCUT2D eigenvalue weighted by atomic mass is 16.7. The van der Waals surface area contributed by atoms with Gasteiger partial charge in [0.25, 0.3) is 0 Å². The summed E-state index contributed by atoms with van der Waals surface area (Å²) in [5.41, 5.74) is 0. The topological polar surface area (TPSA) is 82.1 Å². The molecule has 0 saturated carbocycles. The van der Waals surface area contributed by atoms with Crippen LogP contribution < -0.4 is 0 Å². The minimum Gasteiger partial charge on any atom is -0.493 e. The average molecular weight is 340 g/mol. The van der Waals surface area contributed by atoms with Crippen LogP contribution in [0.1, 0.15) is 53.4 Å². The third-order valence-corrected chi connectivity index (χ3v) is 3.66. The van der Waals surface area contributed by atoms with Crippen molar-refractivity contribution in [3.8, 4) is 0 Å². The van der Waals surface area contributed by atoms with Gasteiger partial charge in [0.2, 0.25) is 5.79 Å². The molecule has 0 aromatic heterocycles. The molecule has 1 N–H and O–H groups in total. The maximum absolute atomic E-state index is 11.9. The molecule has 0 saturated heterocycles. The molecular formula is C18H28O6. The lowest BCUT2D eigenvalue weighted by Gasteiger charge is -2.25. The van der Waals surface area contributed by atoms with Crippen LogP contribution in [0.15, 0.2) is 23.7 Å². The molecule has 0 heterocycles. The molecule has 1 aliphatic rings. The number of hydrogen-bond acceptors (Lipinski definition) is 6. The Kier molecular flexibility index (Phi) is 7.48. The lowest BCUT2D eigenvalue weighted by atomic mass is 9.85. The fraction of sp³-hybridized carbons (Fsp3) is 0.667. The summed E-state index contributed by atoms with van der Waals surface area (Å²) in [4.78, 5) is 23.4. The van der Waals surface area contributed by atoms with Crippen molar-refractivity contribution in [3.05, 3.63) is 23.7 Å². The number of esters is 2. The van der Waals surface area contributed by atoms with Gasteiger partial charge in [-0.2, -0.15) is 0 Å². The first-order chi connectivity index (χ1) is 11.2. The molecule has 6 nitrogen and oxygen atoms in total. The maximum atomic E-state index is 11.9. The van der Waals surface area contributed by atoms with Crippen LogP contribution in [0.5, 0.6) is 0 Å². The van der Waals surface area contributed by atoms with Gasteiger partial charge in [-0.25, -0.2) is 0 Å². The van der Waals surface area contributed by atoms with Crippen LogP contribution in [-0.4, -0.2) is 29.9 Å². The van der Waals surface area contributed by atoms with E-state index in [0.29, 0.717) is 17.4 Å². The van der Waals surface area contributed by atoms with Gasteiger partial charge in [-0.15, -0.1) is 0 Å². The standard InChI is InChI=1S/C18H28O6/c1-6-7-13-11-14(22-5)15(10-12(13)2)23-16(19)8-9-17(20)24-18(3,4)21/h10-13,21H,6-9H2,1-5H3. The molecule has 6 heteroatoms. The van der Waals surface area contributed by atoms with E-state index in [1.807, 2.05) is 12.2 Å². The maximum Gasteiger partial charge on any atom is 0.311 e. The van der Waals surface area contributed by atoms with E-state index in [9.17, 15) is 14.7 Å². The normalized spacial score (nSPS) is 20.8. The molecule has 1 rings (SSSR count). The van der Waals surface area contributed by atoms with Crippen molar-refractivity contribution >= 4 is 11.9 Å². The van der Waals surface area contributed by atoms with Crippen LogP contribution in [-0.2, 0) is 23.8 Å². The number of carbonyl (C=O) groups is 2. The zero-order valence-electron chi connectivity index (χ0n) is 15.1. The van der Waals surface area contributed by atoms with Crippen LogP contribution in [0, 0.1) is 11.8 Å². The number of allylic oxidation sites excluding steroid dienone is 2. The summed E-state index contributed by atoms with van der Waals surface area (Å²) in [6, 6.07) is 0. The summed E-state index contributed by atoms with van der Waals surface area (Å²) >= 11 is 0. The predicted molar refractivity (Wildman–Crippen MR) is 88.5 cm³/mol. The van der Waals surface area contributed by atoms with Gasteiger partial charge in [-0.1, -0.05) is 20.3 Å². The molecule has 136 valence electrons. The van der Waals surface area contributed by atoms with Gasteiger partial charge in [0.1, 0.15) is 0 Å². The largest absolute Gasteiger partial charge is 0.493 e. The van der Waals surface area contributed by atoms with Crippen molar-refractivity contribution in [2.75, 3.05) is 7.11 Å². The Morgan fingerprint density at radius 3 is 2.33 bits per heavy atom. The third kappa shape index (κ3) is 6.74. The molecule has 0 amide bonds. The molecular weight excluding hydrogens is 312 g/mol. The first-order valence-electron chi connectivity index (χ1n) is 8.29. The van der Waals surface area contributed by atoms with Gasteiger partial charge in [0.15, 0.2) is 11.5 Å². The van der Waals surface area contributed by atoms with Gasteiger partial charge in [-0.3, -0.25) is 9.59 Å². The van der Waals surface area contributed by atoms with Crippen LogP contribution in [0.25, 0.3) is 0 Å². The highest BCUT2D eigenvalue weighted by molar-refractivity contribution is 5.78. The quantitative estimate of drug-likeness (QED) is 0.540. The minimum atomic E-state index is -1.55. The molecule has 2 unspecified atom stereocenters. The molecule has 2 atom stereocenters. The molecule has 0 aromatic carbocycles. The summed E-state index contributed by atoms with van der Waals surface area (Å²) in [5.74, 6) is -1.23. The Bertz CT molecular complexity index is 512. The number of hydrogen-bond donors (Lipinski definition) is 1. The van der Waals surface area contributed by atoms with Crippen molar-refractivity contribution in [2.24, 2.45) is 11.8 Å². The molecule has 0 aliphatic heterocycles. The van der Waals surface area contributed by atoms with Crippen molar-refractivity contribution in [2.45, 2.75) is 59.2 Å². The number of methoxy groups -OCH3 is 1. The zero-order valence-corrected chi connectivity index (χ0v) is 15.1. The first-order valence-corrected chi connectivity index (χ1v) is 8.29. The number of ether oxygens (including phenoxy) is 3. The van der Waals surface area contributed by atoms with E-state index in [-0.39, 0.29) is 18.8 Å². The lowest BCUT2D eigenvalue weighted by Crippen LogP contribution is -2.27.